The van der Waals surface area contributed by atoms with Gasteiger partial charge in [-0.3, -0.25) is 14.2 Å². The molecule has 29 heavy (non-hydrogen) atoms. The number of oxazole rings is 1. The normalized spacial score (nSPS) is 16.8. The fourth-order valence-electron chi connectivity index (χ4n) is 3.77. The quantitative estimate of drug-likeness (QED) is 0.672. The van der Waals surface area contributed by atoms with Crippen molar-refractivity contribution < 1.29 is 18.7 Å². The Labute approximate surface area is 167 Å². The number of benzene rings is 2. The van der Waals surface area contributed by atoms with E-state index in [0.717, 1.165) is 24.8 Å². The van der Waals surface area contributed by atoms with Crippen LogP contribution in [0.2, 0.25) is 0 Å². The summed E-state index contributed by atoms with van der Waals surface area (Å²) >= 11 is 0. The molecule has 0 unspecified atom stereocenters. The topological polar surface area (TPSA) is 90.5 Å². The lowest BCUT2D eigenvalue weighted by atomic mass is 9.87. The first-order valence-corrected chi connectivity index (χ1v) is 9.69. The number of amides is 1. The van der Waals surface area contributed by atoms with E-state index < -0.39 is 17.8 Å². The highest BCUT2D eigenvalue weighted by atomic mass is 16.5. The van der Waals surface area contributed by atoms with Crippen LogP contribution in [0.25, 0.3) is 11.1 Å². The first-order valence-electron chi connectivity index (χ1n) is 9.69. The Morgan fingerprint density at radius 2 is 1.97 bits per heavy atom. The molecule has 7 heteroatoms. The van der Waals surface area contributed by atoms with Gasteiger partial charge in [0, 0.05) is 0 Å². The van der Waals surface area contributed by atoms with Crippen LogP contribution in [-0.2, 0) is 27.3 Å². The lowest BCUT2D eigenvalue weighted by Crippen LogP contribution is -2.39. The van der Waals surface area contributed by atoms with Crippen LogP contribution in [0.4, 0.5) is 0 Å². The predicted octanol–water partition coefficient (Wildman–Crippen LogP) is 2.72. The van der Waals surface area contributed by atoms with Crippen LogP contribution < -0.4 is 11.1 Å². The van der Waals surface area contributed by atoms with Gasteiger partial charge in [0.25, 0.3) is 5.91 Å². The van der Waals surface area contributed by atoms with Gasteiger partial charge in [-0.1, -0.05) is 36.4 Å². The summed E-state index contributed by atoms with van der Waals surface area (Å²) in [5.41, 5.74) is 3.25. The highest BCUT2D eigenvalue weighted by Crippen LogP contribution is 2.29. The third-order valence-electron chi connectivity index (χ3n) is 5.22. The number of aryl methyl sites for hydroxylation is 1. The van der Waals surface area contributed by atoms with E-state index in [1.807, 2.05) is 18.2 Å². The summed E-state index contributed by atoms with van der Waals surface area (Å²) in [5, 5.41) is 2.98. The third-order valence-corrected chi connectivity index (χ3v) is 5.22. The number of aromatic nitrogens is 1. The Hall–Kier alpha value is -3.35. The van der Waals surface area contributed by atoms with Crippen molar-refractivity contribution in [3.8, 4) is 0 Å². The third kappa shape index (κ3) is 3.94. The minimum atomic E-state index is -0.967. The zero-order valence-corrected chi connectivity index (χ0v) is 16.1. The van der Waals surface area contributed by atoms with E-state index in [0.29, 0.717) is 11.1 Å². The second-order valence-electron chi connectivity index (χ2n) is 7.21. The maximum absolute atomic E-state index is 12.6. The molecule has 0 bridgehead atoms. The molecule has 1 aromatic heterocycles. The number of ether oxygens (including phenoxy) is 1. The molecule has 2 aromatic carbocycles. The Balaban J connectivity index is 1.39. The van der Waals surface area contributed by atoms with Crippen LogP contribution in [0.15, 0.2) is 57.7 Å². The van der Waals surface area contributed by atoms with Gasteiger partial charge in [-0.15, -0.1) is 0 Å². The standard InChI is InChI=1S/C22H22N2O5/c1-14(21(26)23-17-10-6-8-15-7-2-3-9-16(15)17)28-20(25)13-24-18-11-4-5-12-19(18)29-22(24)27/h2-5,7,9,11-12,14,17H,6,8,10,13H2,1H3,(H,23,26)/t14-,17-/m0/s1. The molecule has 0 fully saturated rings. The maximum Gasteiger partial charge on any atom is 0.420 e. The molecule has 150 valence electrons. The molecule has 7 nitrogen and oxygen atoms in total. The number of carbonyl (C=O) groups excluding carboxylic acids is 2. The van der Waals surface area contributed by atoms with Crippen LogP contribution in [0.5, 0.6) is 0 Å². The number of esters is 1. The second-order valence-corrected chi connectivity index (χ2v) is 7.21. The number of nitrogens with zero attached hydrogens (tertiary/aromatic N) is 1. The number of fused-ring (bicyclic) bond motifs is 2. The van der Waals surface area contributed by atoms with Crippen molar-refractivity contribution in [2.75, 3.05) is 0 Å². The molecular formula is C22H22N2O5. The van der Waals surface area contributed by atoms with E-state index in [1.54, 1.807) is 24.3 Å². The lowest BCUT2D eigenvalue weighted by molar-refractivity contribution is -0.155. The monoisotopic (exact) mass is 394 g/mol. The number of hydrogen-bond acceptors (Lipinski definition) is 5. The molecule has 0 aliphatic heterocycles. The lowest BCUT2D eigenvalue weighted by Gasteiger charge is -2.27. The molecule has 0 spiro atoms. The number of hydrogen-bond donors (Lipinski definition) is 1. The smallest absolute Gasteiger partial charge is 0.420 e. The van der Waals surface area contributed by atoms with E-state index in [2.05, 4.69) is 11.4 Å². The highest BCUT2D eigenvalue weighted by Gasteiger charge is 2.25. The molecule has 3 aromatic rings. The van der Waals surface area contributed by atoms with Crippen LogP contribution in [0.1, 0.15) is 36.9 Å². The molecule has 1 amide bonds. The Morgan fingerprint density at radius 3 is 2.83 bits per heavy atom. The van der Waals surface area contributed by atoms with Crippen molar-refractivity contribution in [3.63, 3.8) is 0 Å². The van der Waals surface area contributed by atoms with Crippen molar-refractivity contribution >= 4 is 23.0 Å². The molecular weight excluding hydrogens is 372 g/mol. The van der Waals surface area contributed by atoms with Crippen molar-refractivity contribution in [2.45, 2.75) is 44.9 Å². The van der Waals surface area contributed by atoms with Gasteiger partial charge in [-0.25, -0.2) is 4.79 Å². The average Bonchev–Trinajstić information content (AvgIpc) is 3.03. The minimum Gasteiger partial charge on any atom is -0.451 e. The van der Waals surface area contributed by atoms with Crippen molar-refractivity contribution in [1.29, 1.82) is 0 Å². The van der Waals surface area contributed by atoms with Gasteiger partial charge in [-0.2, -0.15) is 0 Å². The fourth-order valence-corrected chi connectivity index (χ4v) is 3.77. The van der Waals surface area contributed by atoms with Gasteiger partial charge in [0.1, 0.15) is 6.54 Å². The zero-order chi connectivity index (χ0) is 20.4. The van der Waals surface area contributed by atoms with E-state index in [1.165, 1.54) is 17.1 Å². The van der Waals surface area contributed by atoms with Gasteiger partial charge in [0.15, 0.2) is 11.7 Å². The molecule has 0 radical (unpaired) electrons. The highest BCUT2D eigenvalue weighted by molar-refractivity contribution is 5.84. The van der Waals surface area contributed by atoms with E-state index in [-0.39, 0.29) is 18.5 Å². The summed E-state index contributed by atoms with van der Waals surface area (Å²) in [5.74, 6) is -1.67. The van der Waals surface area contributed by atoms with Gasteiger partial charge >= 0.3 is 11.7 Å². The SMILES string of the molecule is C[C@H](OC(=O)Cn1c(=O)oc2ccccc21)C(=O)N[C@H]1CCCc2ccccc21. The van der Waals surface area contributed by atoms with Gasteiger partial charge in [0.2, 0.25) is 0 Å². The van der Waals surface area contributed by atoms with Crippen LogP contribution in [-0.4, -0.2) is 22.5 Å². The molecule has 2 atom stereocenters. The van der Waals surface area contributed by atoms with E-state index in [9.17, 15) is 14.4 Å². The summed E-state index contributed by atoms with van der Waals surface area (Å²) in [6, 6.07) is 14.8. The van der Waals surface area contributed by atoms with Gasteiger partial charge < -0.3 is 14.5 Å². The predicted molar refractivity (Wildman–Crippen MR) is 106 cm³/mol. The van der Waals surface area contributed by atoms with Gasteiger partial charge in [0.05, 0.1) is 11.6 Å². The molecule has 4 rings (SSSR count). The molecule has 0 saturated carbocycles. The molecule has 1 aliphatic carbocycles. The summed E-state index contributed by atoms with van der Waals surface area (Å²) in [6.45, 7) is 1.21. The van der Waals surface area contributed by atoms with E-state index in [4.69, 9.17) is 9.15 Å². The van der Waals surface area contributed by atoms with E-state index >= 15 is 0 Å². The zero-order valence-electron chi connectivity index (χ0n) is 16.1. The fraction of sp³-hybridized carbons (Fsp3) is 0.318. The van der Waals surface area contributed by atoms with Crippen molar-refractivity contribution in [3.05, 3.63) is 70.2 Å². The molecule has 0 saturated heterocycles. The summed E-state index contributed by atoms with van der Waals surface area (Å²) in [7, 11) is 0. The number of rotatable bonds is 5. The number of carbonyl (C=O) groups is 2. The Kier molecular flexibility index (Phi) is 5.20. The first kappa shape index (κ1) is 19.0. The Morgan fingerprint density at radius 1 is 1.21 bits per heavy atom. The summed E-state index contributed by atoms with van der Waals surface area (Å²) in [4.78, 5) is 36.9. The summed E-state index contributed by atoms with van der Waals surface area (Å²) < 4.78 is 11.6. The number of para-hydroxylation sites is 2. The average molecular weight is 394 g/mol. The Bertz CT molecular complexity index is 1110. The second kappa shape index (κ2) is 7.95. The van der Waals surface area contributed by atoms with Crippen LogP contribution in [0.3, 0.4) is 0 Å². The maximum atomic E-state index is 12.6. The minimum absolute atomic E-state index is 0.0889. The number of nitrogens with one attached hydrogen (secondary N) is 1. The molecule has 1 aliphatic rings. The summed E-state index contributed by atoms with van der Waals surface area (Å²) in [6.07, 6.45) is 1.87. The first-order chi connectivity index (χ1) is 14.0. The molecule has 1 heterocycles. The van der Waals surface area contributed by atoms with Crippen LogP contribution in [0, 0.1) is 0 Å². The van der Waals surface area contributed by atoms with Crippen molar-refractivity contribution in [1.82, 2.24) is 9.88 Å². The van der Waals surface area contributed by atoms with Gasteiger partial charge in [-0.05, 0) is 49.4 Å². The molecule has 1 N–H and O–H groups in total. The van der Waals surface area contributed by atoms with Crippen LogP contribution >= 0.6 is 0 Å². The largest absolute Gasteiger partial charge is 0.451 e. The van der Waals surface area contributed by atoms with Crippen molar-refractivity contribution in [2.24, 2.45) is 0 Å².